The van der Waals surface area contributed by atoms with Gasteiger partial charge in [0.05, 0.1) is 52.9 Å². The van der Waals surface area contributed by atoms with Gasteiger partial charge in [-0.15, -0.1) is 0 Å². The Morgan fingerprint density at radius 2 is 0.722 bits per heavy atom. The second-order valence-electron chi connectivity index (χ2n) is 7.49. The molecule has 1 heterocycles. The second kappa shape index (κ2) is 16.5. The molecule has 0 aliphatic carbocycles. The number of hydrogen-bond acceptors (Lipinski definition) is 10. The molecule has 0 atom stereocenters. The van der Waals surface area contributed by atoms with E-state index < -0.39 is 0 Å². The Hall–Kier alpha value is -3.18. The van der Waals surface area contributed by atoms with E-state index in [1.807, 2.05) is 0 Å². The Balaban J connectivity index is 1.51. The Kier molecular flexibility index (Phi) is 12.6. The van der Waals surface area contributed by atoms with Gasteiger partial charge in [-0.1, -0.05) is 0 Å². The Morgan fingerprint density at radius 3 is 1.06 bits per heavy atom. The second-order valence-corrected chi connectivity index (χ2v) is 7.49. The highest BCUT2D eigenvalue weighted by Crippen LogP contribution is 2.29. The van der Waals surface area contributed by atoms with Crippen molar-refractivity contribution in [1.29, 1.82) is 0 Å². The summed E-state index contributed by atoms with van der Waals surface area (Å²) in [6.07, 6.45) is 1.50. The highest BCUT2D eigenvalue weighted by atomic mass is 16.6. The van der Waals surface area contributed by atoms with Gasteiger partial charge in [0.2, 0.25) is 0 Å². The molecule has 0 aromatic heterocycles. The summed E-state index contributed by atoms with van der Waals surface area (Å²) < 4.78 is 45.2. The number of carbonyl (C=O) groups excluding carboxylic acids is 2. The largest absolute Gasteiger partial charge is 0.487 e. The van der Waals surface area contributed by atoms with E-state index >= 15 is 0 Å². The van der Waals surface area contributed by atoms with Crippen LogP contribution in [0.4, 0.5) is 0 Å². The summed E-state index contributed by atoms with van der Waals surface area (Å²) in [6, 6.07) is 9.97. The van der Waals surface area contributed by atoms with Crippen molar-refractivity contribution in [2.24, 2.45) is 0 Å². The summed E-state index contributed by atoms with van der Waals surface area (Å²) in [7, 11) is 0. The molecular weight excluding hydrogens is 472 g/mol. The minimum atomic E-state index is 0.283. The third kappa shape index (κ3) is 9.82. The van der Waals surface area contributed by atoms with Crippen LogP contribution in [0, 0.1) is 0 Å². The zero-order valence-corrected chi connectivity index (χ0v) is 20.2. The monoisotopic (exact) mass is 504 g/mol. The van der Waals surface area contributed by atoms with Gasteiger partial charge < -0.3 is 37.9 Å². The van der Waals surface area contributed by atoms with E-state index in [-0.39, 0.29) is 13.2 Å². The van der Waals surface area contributed by atoms with Crippen molar-refractivity contribution in [2.75, 3.05) is 79.3 Å². The lowest BCUT2D eigenvalue weighted by Crippen LogP contribution is -2.15. The molecule has 0 radical (unpaired) electrons. The maximum atomic E-state index is 11.1. The summed E-state index contributed by atoms with van der Waals surface area (Å²) in [5.41, 5.74) is 0.980. The number of fused-ring (bicyclic) bond motifs is 2. The summed E-state index contributed by atoms with van der Waals surface area (Å²) in [5.74, 6) is 1.98. The van der Waals surface area contributed by atoms with Gasteiger partial charge in [-0.2, -0.15) is 0 Å². The van der Waals surface area contributed by atoms with Crippen molar-refractivity contribution < 1.29 is 47.5 Å². The molecule has 1 aliphatic heterocycles. The van der Waals surface area contributed by atoms with Gasteiger partial charge >= 0.3 is 0 Å². The first-order valence-corrected chi connectivity index (χ1v) is 11.8. The smallest absolute Gasteiger partial charge is 0.162 e. The van der Waals surface area contributed by atoms with Crippen molar-refractivity contribution in [3.63, 3.8) is 0 Å². The van der Waals surface area contributed by atoms with E-state index in [2.05, 4.69) is 0 Å². The van der Waals surface area contributed by atoms with Crippen molar-refractivity contribution in [1.82, 2.24) is 0 Å². The number of ether oxygens (including phenoxy) is 8. The molecule has 2 aromatic rings. The van der Waals surface area contributed by atoms with E-state index in [1.165, 1.54) is 0 Å². The molecule has 1 aliphatic rings. The molecule has 3 rings (SSSR count). The standard InChI is InChI=1S/C26H32O10/c27-19-21-1-3-23-25(17-21)35-15-11-31-7-8-32-12-16-36-26-18-22(20-28)2-4-24(26)34-14-10-30-6-5-29-9-13-33-23/h1-4,17-20H,5-16H2. The predicted molar refractivity (Wildman–Crippen MR) is 129 cm³/mol. The molecule has 36 heavy (non-hydrogen) atoms. The van der Waals surface area contributed by atoms with Crippen LogP contribution >= 0.6 is 0 Å². The van der Waals surface area contributed by atoms with Gasteiger partial charge in [0.15, 0.2) is 23.0 Å². The van der Waals surface area contributed by atoms with Crippen molar-refractivity contribution in [3.05, 3.63) is 47.5 Å². The summed E-state index contributed by atoms with van der Waals surface area (Å²) >= 11 is 0. The van der Waals surface area contributed by atoms with E-state index in [9.17, 15) is 9.59 Å². The number of hydrogen-bond donors (Lipinski definition) is 0. The highest BCUT2D eigenvalue weighted by Gasteiger charge is 2.09. The van der Waals surface area contributed by atoms with E-state index in [0.29, 0.717) is 100 Å². The van der Waals surface area contributed by atoms with Gasteiger partial charge in [0, 0.05) is 11.1 Å². The number of aldehydes is 2. The molecule has 0 bridgehead atoms. The first kappa shape index (κ1) is 27.4. The molecule has 0 spiro atoms. The van der Waals surface area contributed by atoms with Gasteiger partial charge in [0.25, 0.3) is 0 Å². The van der Waals surface area contributed by atoms with Crippen molar-refractivity contribution in [3.8, 4) is 23.0 Å². The van der Waals surface area contributed by atoms with Crippen LogP contribution in [0.3, 0.4) is 0 Å². The van der Waals surface area contributed by atoms with Gasteiger partial charge in [-0.25, -0.2) is 0 Å². The normalized spacial score (nSPS) is 17.3. The molecular formula is C26H32O10. The molecule has 0 N–H and O–H groups in total. The van der Waals surface area contributed by atoms with Crippen molar-refractivity contribution >= 4 is 12.6 Å². The molecule has 10 nitrogen and oxygen atoms in total. The lowest BCUT2D eigenvalue weighted by Gasteiger charge is -2.15. The quantitative estimate of drug-likeness (QED) is 0.567. The predicted octanol–water partition coefficient (Wildman–Crippen LogP) is 2.61. The third-order valence-corrected chi connectivity index (χ3v) is 4.89. The van der Waals surface area contributed by atoms with E-state index in [4.69, 9.17) is 37.9 Å². The topological polar surface area (TPSA) is 108 Å². The lowest BCUT2D eigenvalue weighted by atomic mass is 10.2. The molecule has 0 saturated heterocycles. The summed E-state index contributed by atoms with van der Waals surface area (Å²) in [5, 5.41) is 0. The molecule has 196 valence electrons. The minimum Gasteiger partial charge on any atom is -0.487 e. The third-order valence-electron chi connectivity index (χ3n) is 4.89. The first-order valence-electron chi connectivity index (χ1n) is 11.8. The number of benzene rings is 2. The SMILES string of the molecule is O=Cc1ccc2c(c1)OCCOCCOCCOc1cc(C=O)ccc1OCCOCCOCCO2. The Labute approximate surface area is 210 Å². The fraction of sp³-hybridized carbons (Fsp3) is 0.462. The Morgan fingerprint density at radius 1 is 0.417 bits per heavy atom. The number of carbonyl (C=O) groups is 2. The highest BCUT2D eigenvalue weighted by molar-refractivity contribution is 5.77. The van der Waals surface area contributed by atoms with Gasteiger partial charge in [-0.3, -0.25) is 9.59 Å². The van der Waals surface area contributed by atoms with Gasteiger partial charge in [0.1, 0.15) is 39.0 Å². The fourth-order valence-corrected chi connectivity index (χ4v) is 3.15. The fourth-order valence-electron chi connectivity index (χ4n) is 3.15. The minimum absolute atomic E-state index is 0.283. The van der Waals surface area contributed by atoms with Crippen LogP contribution in [0.25, 0.3) is 0 Å². The van der Waals surface area contributed by atoms with Gasteiger partial charge in [-0.05, 0) is 36.4 Å². The van der Waals surface area contributed by atoms with Crippen LogP contribution in [-0.2, 0) is 18.9 Å². The number of rotatable bonds is 2. The van der Waals surface area contributed by atoms with Crippen LogP contribution in [0.2, 0.25) is 0 Å². The van der Waals surface area contributed by atoms with Crippen LogP contribution in [0.5, 0.6) is 23.0 Å². The molecule has 10 heteroatoms. The molecule has 0 saturated carbocycles. The zero-order chi connectivity index (χ0) is 25.3. The van der Waals surface area contributed by atoms with Crippen LogP contribution in [0.15, 0.2) is 36.4 Å². The summed E-state index contributed by atoms with van der Waals surface area (Å²) in [4.78, 5) is 22.2. The maximum Gasteiger partial charge on any atom is 0.162 e. The zero-order valence-electron chi connectivity index (χ0n) is 20.2. The lowest BCUT2D eigenvalue weighted by molar-refractivity contribution is 0.0223. The average Bonchev–Trinajstić information content (AvgIpc) is 2.91. The van der Waals surface area contributed by atoms with E-state index in [1.54, 1.807) is 36.4 Å². The Bertz CT molecular complexity index is 857. The van der Waals surface area contributed by atoms with E-state index in [0.717, 1.165) is 12.6 Å². The van der Waals surface area contributed by atoms with Crippen LogP contribution < -0.4 is 18.9 Å². The maximum absolute atomic E-state index is 11.1. The average molecular weight is 505 g/mol. The molecule has 0 unspecified atom stereocenters. The van der Waals surface area contributed by atoms with Crippen LogP contribution in [0.1, 0.15) is 20.7 Å². The summed E-state index contributed by atoms with van der Waals surface area (Å²) in [6.45, 7) is 4.16. The van der Waals surface area contributed by atoms with Crippen LogP contribution in [-0.4, -0.2) is 91.9 Å². The molecule has 2 aromatic carbocycles. The first-order chi connectivity index (χ1) is 17.8. The molecule has 0 fully saturated rings. The molecule has 0 amide bonds. The van der Waals surface area contributed by atoms with Crippen molar-refractivity contribution in [2.45, 2.75) is 0 Å².